The third-order valence-electron chi connectivity index (χ3n) is 3.08. The van der Waals surface area contributed by atoms with E-state index in [2.05, 4.69) is 36.3 Å². The molecule has 0 aliphatic rings. The van der Waals surface area contributed by atoms with Gasteiger partial charge in [0.2, 0.25) is 11.8 Å². The molecule has 19 heavy (non-hydrogen) atoms. The summed E-state index contributed by atoms with van der Waals surface area (Å²) < 4.78 is 5.66. The Morgan fingerprint density at radius 2 is 1.89 bits per heavy atom. The van der Waals surface area contributed by atoms with Crippen molar-refractivity contribution in [2.75, 3.05) is 0 Å². The summed E-state index contributed by atoms with van der Waals surface area (Å²) in [4.78, 5) is 0. The molecule has 0 saturated carbocycles. The molecule has 0 spiro atoms. The summed E-state index contributed by atoms with van der Waals surface area (Å²) in [5.41, 5.74) is 1.05. The summed E-state index contributed by atoms with van der Waals surface area (Å²) in [5, 5.41) is 11.6. The zero-order valence-corrected chi connectivity index (χ0v) is 11.8. The molecule has 0 unspecified atom stereocenters. The van der Waals surface area contributed by atoms with Gasteiger partial charge in [0.25, 0.3) is 0 Å². The van der Waals surface area contributed by atoms with Crippen molar-refractivity contribution in [2.45, 2.75) is 45.7 Å². The number of hydrogen-bond acceptors (Lipinski definition) is 4. The van der Waals surface area contributed by atoms with Gasteiger partial charge >= 0.3 is 0 Å². The van der Waals surface area contributed by atoms with Gasteiger partial charge in [-0.15, -0.1) is 10.2 Å². The summed E-state index contributed by atoms with van der Waals surface area (Å²) in [6, 6.07) is 9.82. The minimum atomic E-state index is 0.0934. The zero-order valence-electron chi connectivity index (χ0n) is 11.8. The highest BCUT2D eigenvalue weighted by molar-refractivity contribution is 5.51. The van der Waals surface area contributed by atoms with Crippen molar-refractivity contribution in [3.8, 4) is 11.5 Å². The molecule has 2 rings (SSSR count). The lowest BCUT2D eigenvalue weighted by Gasteiger charge is -2.24. The van der Waals surface area contributed by atoms with Gasteiger partial charge in [-0.1, -0.05) is 31.5 Å². The highest BCUT2D eigenvalue weighted by atomic mass is 16.4. The van der Waals surface area contributed by atoms with Crippen molar-refractivity contribution < 1.29 is 4.42 Å². The van der Waals surface area contributed by atoms with E-state index in [-0.39, 0.29) is 5.54 Å². The second-order valence-corrected chi connectivity index (χ2v) is 5.35. The molecule has 1 aromatic heterocycles. The van der Waals surface area contributed by atoms with Crippen LogP contribution in [0.25, 0.3) is 11.5 Å². The first-order chi connectivity index (χ1) is 9.11. The van der Waals surface area contributed by atoms with Crippen LogP contribution in [-0.2, 0) is 6.54 Å². The monoisotopic (exact) mass is 259 g/mol. The molecule has 0 saturated heterocycles. The summed E-state index contributed by atoms with van der Waals surface area (Å²) in [7, 11) is 0. The van der Waals surface area contributed by atoms with E-state index in [0.29, 0.717) is 18.3 Å². The number of rotatable bonds is 6. The van der Waals surface area contributed by atoms with E-state index in [1.807, 2.05) is 30.3 Å². The molecular formula is C15H21N3O. The molecule has 0 radical (unpaired) electrons. The molecule has 0 bridgehead atoms. The van der Waals surface area contributed by atoms with Gasteiger partial charge in [-0.05, 0) is 32.4 Å². The highest BCUT2D eigenvalue weighted by Gasteiger charge is 2.17. The first kappa shape index (κ1) is 13.7. The van der Waals surface area contributed by atoms with Gasteiger partial charge in [-0.25, -0.2) is 0 Å². The van der Waals surface area contributed by atoms with Gasteiger partial charge in [0.15, 0.2) is 0 Å². The molecule has 1 N–H and O–H groups in total. The summed E-state index contributed by atoms with van der Waals surface area (Å²) >= 11 is 0. The largest absolute Gasteiger partial charge is 0.419 e. The SMILES string of the molecule is CCCC(C)(C)NCc1nnc(-c2ccccc2)o1. The Bertz CT molecular complexity index is 505. The van der Waals surface area contributed by atoms with Crippen LogP contribution in [0.5, 0.6) is 0 Å². The fraction of sp³-hybridized carbons (Fsp3) is 0.467. The van der Waals surface area contributed by atoms with Gasteiger partial charge in [0.1, 0.15) is 0 Å². The predicted molar refractivity (Wildman–Crippen MR) is 75.6 cm³/mol. The first-order valence-corrected chi connectivity index (χ1v) is 6.73. The Morgan fingerprint density at radius 1 is 1.16 bits per heavy atom. The second-order valence-electron chi connectivity index (χ2n) is 5.35. The molecule has 0 atom stereocenters. The van der Waals surface area contributed by atoms with Gasteiger partial charge in [0.05, 0.1) is 6.54 Å². The van der Waals surface area contributed by atoms with Crippen LogP contribution in [0.4, 0.5) is 0 Å². The third kappa shape index (κ3) is 3.89. The van der Waals surface area contributed by atoms with Gasteiger partial charge in [-0.2, -0.15) is 0 Å². The summed E-state index contributed by atoms with van der Waals surface area (Å²) in [6.45, 7) is 7.16. The van der Waals surface area contributed by atoms with Crippen LogP contribution in [0.15, 0.2) is 34.7 Å². The molecule has 0 fully saturated rings. The van der Waals surface area contributed by atoms with Crippen LogP contribution in [-0.4, -0.2) is 15.7 Å². The van der Waals surface area contributed by atoms with E-state index < -0.39 is 0 Å². The molecule has 1 aromatic carbocycles. The van der Waals surface area contributed by atoms with Crippen molar-refractivity contribution in [3.05, 3.63) is 36.2 Å². The topological polar surface area (TPSA) is 51.0 Å². The number of nitrogens with one attached hydrogen (secondary N) is 1. The Hall–Kier alpha value is -1.68. The maximum Gasteiger partial charge on any atom is 0.247 e. The van der Waals surface area contributed by atoms with Crippen LogP contribution in [0.3, 0.4) is 0 Å². The summed E-state index contributed by atoms with van der Waals surface area (Å²) in [6.07, 6.45) is 2.27. The minimum Gasteiger partial charge on any atom is -0.419 e. The van der Waals surface area contributed by atoms with Crippen molar-refractivity contribution >= 4 is 0 Å². The molecule has 0 amide bonds. The van der Waals surface area contributed by atoms with Crippen molar-refractivity contribution in [2.24, 2.45) is 0 Å². The fourth-order valence-electron chi connectivity index (χ4n) is 2.05. The molecule has 1 heterocycles. The molecule has 0 aliphatic carbocycles. The number of benzene rings is 1. The third-order valence-corrected chi connectivity index (χ3v) is 3.08. The number of aromatic nitrogens is 2. The highest BCUT2D eigenvalue weighted by Crippen LogP contribution is 2.17. The molecule has 2 aromatic rings. The van der Waals surface area contributed by atoms with Gasteiger partial charge in [-0.3, -0.25) is 0 Å². The van der Waals surface area contributed by atoms with Crippen LogP contribution >= 0.6 is 0 Å². The van der Waals surface area contributed by atoms with E-state index in [4.69, 9.17) is 4.42 Å². The smallest absolute Gasteiger partial charge is 0.247 e. The van der Waals surface area contributed by atoms with E-state index >= 15 is 0 Å². The normalized spacial score (nSPS) is 11.7. The second kappa shape index (κ2) is 5.97. The minimum absolute atomic E-state index is 0.0934. The van der Waals surface area contributed by atoms with Crippen LogP contribution in [0, 0.1) is 0 Å². The Morgan fingerprint density at radius 3 is 2.58 bits per heavy atom. The van der Waals surface area contributed by atoms with Crippen molar-refractivity contribution in [1.82, 2.24) is 15.5 Å². The summed E-state index contributed by atoms with van der Waals surface area (Å²) in [5.74, 6) is 1.20. The van der Waals surface area contributed by atoms with Crippen LogP contribution in [0.1, 0.15) is 39.5 Å². The maximum atomic E-state index is 5.66. The molecule has 102 valence electrons. The predicted octanol–water partition coefficient (Wildman–Crippen LogP) is 3.40. The van der Waals surface area contributed by atoms with Crippen LogP contribution < -0.4 is 5.32 Å². The number of nitrogens with zero attached hydrogens (tertiary/aromatic N) is 2. The standard InChI is InChI=1S/C15H21N3O/c1-4-10-15(2,3)16-11-13-17-18-14(19-13)12-8-6-5-7-9-12/h5-9,16H,4,10-11H2,1-3H3. The lowest BCUT2D eigenvalue weighted by Crippen LogP contribution is -2.38. The lowest BCUT2D eigenvalue weighted by atomic mass is 9.99. The quantitative estimate of drug-likeness (QED) is 0.863. The Labute approximate surface area is 114 Å². The van der Waals surface area contributed by atoms with E-state index in [1.165, 1.54) is 0 Å². The fourth-order valence-corrected chi connectivity index (χ4v) is 2.05. The molecular weight excluding hydrogens is 238 g/mol. The zero-order chi connectivity index (χ0) is 13.7. The van der Waals surface area contributed by atoms with E-state index in [0.717, 1.165) is 18.4 Å². The van der Waals surface area contributed by atoms with Gasteiger partial charge in [0, 0.05) is 11.1 Å². The lowest BCUT2D eigenvalue weighted by molar-refractivity contribution is 0.334. The average Bonchev–Trinajstić information content (AvgIpc) is 2.86. The van der Waals surface area contributed by atoms with Crippen molar-refractivity contribution in [1.29, 1.82) is 0 Å². The Balaban J connectivity index is 1.99. The molecule has 4 nitrogen and oxygen atoms in total. The first-order valence-electron chi connectivity index (χ1n) is 6.73. The molecule has 4 heteroatoms. The van der Waals surface area contributed by atoms with Crippen LogP contribution in [0.2, 0.25) is 0 Å². The van der Waals surface area contributed by atoms with E-state index in [1.54, 1.807) is 0 Å². The van der Waals surface area contributed by atoms with Gasteiger partial charge < -0.3 is 9.73 Å². The number of hydrogen-bond donors (Lipinski definition) is 1. The Kier molecular flexibility index (Phi) is 4.32. The van der Waals surface area contributed by atoms with Crippen molar-refractivity contribution in [3.63, 3.8) is 0 Å². The average molecular weight is 259 g/mol. The van der Waals surface area contributed by atoms with E-state index in [9.17, 15) is 0 Å². The maximum absolute atomic E-state index is 5.66. The molecule has 0 aliphatic heterocycles.